The summed E-state index contributed by atoms with van der Waals surface area (Å²) in [6.07, 6.45) is 0.675. The molecule has 2 aromatic rings. The van der Waals surface area contributed by atoms with Gasteiger partial charge in [0.2, 0.25) is 10.0 Å². The van der Waals surface area contributed by atoms with Crippen molar-refractivity contribution >= 4 is 43.0 Å². The normalized spacial score (nSPS) is 22.6. The number of nitrogens with two attached hydrogens (primary N) is 1. The van der Waals surface area contributed by atoms with Gasteiger partial charge in [-0.2, -0.15) is 4.31 Å². The molecule has 1 aromatic carbocycles. The molecule has 1 atom stereocenters. The van der Waals surface area contributed by atoms with E-state index in [0.29, 0.717) is 34.8 Å². The molecule has 0 amide bonds. The summed E-state index contributed by atoms with van der Waals surface area (Å²) in [5.41, 5.74) is 5.91. The van der Waals surface area contributed by atoms with Crippen molar-refractivity contribution in [3.63, 3.8) is 0 Å². The Morgan fingerprint density at radius 3 is 2.74 bits per heavy atom. The van der Waals surface area contributed by atoms with Crippen LogP contribution in [0, 0.1) is 12.3 Å². The summed E-state index contributed by atoms with van der Waals surface area (Å²) in [5.74, 6) is 0. The standard InChI is InChI=1S/C16H21ClN2O2S2/c1-10-15(12-8-11(17)4-5-13(12)22-10)23(20,21)19-7-6-14(18)16(2,3)9-19/h4-5,8,14H,6-7,9,18H2,1-3H3. The maximum absolute atomic E-state index is 13.2. The number of benzene rings is 1. The summed E-state index contributed by atoms with van der Waals surface area (Å²) in [6.45, 7) is 6.80. The lowest BCUT2D eigenvalue weighted by Crippen LogP contribution is -2.53. The maximum atomic E-state index is 13.2. The Balaban J connectivity index is 2.10. The van der Waals surface area contributed by atoms with Crippen molar-refractivity contribution in [2.75, 3.05) is 13.1 Å². The van der Waals surface area contributed by atoms with Crippen LogP contribution in [0.1, 0.15) is 25.1 Å². The molecule has 7 heteroatoms. The van der Waals surface area contributed by atoms with Gasteiger partial charge in [-0.05, 0) is 37.0 Å². The minimum Gasteiger partial charge on any atom is -0.327 e. The first kappa shape index (κ1) is 17.2. The molecule has 0 spiro atoms. The number of thiophene rings is 1. The Kier molecular flexibility index (Phi) is 4.26. The van der Waals surface area contributed by atoms with Crippen LogP contribution in [-0.2, 0) is 10.0 Å². The Bertz CT molecular complexity index is 858. The molecule has 126 valence electrons. The van der Waals surface area contributed by atoms with E-state index in [4.69, 9.17) is 17.3 Å². The van der Waals surface area contributed by atoms with E-state index in [2.05, 4.69) is 0 Å². The highest BCUT2D eigenvalue weighted by molar-refractivity contribution is 7.89. The second kappa shape index (κ2) is 5.70. The van der Waals surface area contributed by atoms with E-state index < -0.39 is 10.0 Å². The van der Waals surface area contributed by atoms with Crippen LogP contribution >= 0.6 is 22.9 Å². The summed E-state index contributed by atoms with van der Waals surface area (Å²) < 4.78 is 29.0. The van der Waals surface area contributed by atoms with E-state index in [1.54, 1.807) is 16.4 Å². The Labute approximate surface area is 146 Å². The average molecular weight is 373 g/mol. The van der Waals surface area contributed by atoms with Crippen molar-refractivity contribution < 1.29 is 8.42 Å². The van der Waals surface area contributed by atoms with Gasteiger partial charge in [-0.25, -0.2) is 8.42 Å². The minimum atomic E-state index is -3.56. The SMILES string of the molecule is Cc1sc2ccc(Cl)cc2c1S(=O)(=O)N1CCC(N)C(C)(C)C1. The number of rotatable bonds is 2. The Morgan fingerprint density at radius 2 is 2.09 bits per heavy atom. The maximum Gasteiger partial charge on any atom is 0.244 e. The molecule has 1 fully saturated rings. The molecule has 1 unspecified atom stereocenters. The smallest absolute Gasteiger partial charge is 0.244 e. The van der Waals surface area contributed by atoms with Crippen molar-refractivity contribution in [2.24, 2.45) is 11.1 Å². The van der Waals surface area contributed by atoms with Gasteiger partial charge in [-0.15, -0.1) is 11.3 Å². The van der Waals surface area contributed by atoms with Crippen LogP contribution in [0.3, 0.4) is 0 Å². The van der Waals surface area contributed by atoms with E-state index >= 15 is 0 Å². The van der Waals surface area contributed by atoms with Crippen LogP contribution in [-0.4, -0.2) is 31.9 Å². The highest BCUT2D eigenvalue weighted by atomic mass is 35.5. The second-order valence-corrected chi connectivity index (χ2v) is 10.4. The van der Waals surface area contributed by atoms with Gasteiger partial charge in [0, 0.05) is 39.1 Å². The van der Waals surface area contributed by atoms with E-state index in [1.165, 1.54) is 11.3 Å². The first-order chi connectivity index (χ1) is 10.6. The van der Waals surface area contributed by atoms with Crippen molar-refractivity contribution in [3.8, 4) is 0 Å². The molecule has 23 heavy (non-hydrogen) atoms. The monoisotopic (exact) mass is 372 g/mol. The number of hydrogen-bond acceptors (Lipinski definition) is 4. The predicted octanol–water partition coefficient (Wildman–Crippen LogP) is 3.61. The van der Waals surface area contributed by atoms with Crippen molar-refractivity contribution in [3.05, 3.63) is 28.1 Å². The molecule has 3 rings (SSSR count). The first-order valence-corrected chi connectivity index (χ1v) is 10.2. The van der Waals surface area contributed by atoms with E-state index in [-0.39, 0.29) is 11.5 Å². The zero-order chi connectivity index (χ0) is 17.0. The van der Waals surface area contributed by atoms with Crippen molar-refractivity contribution in [2.45, 2.75) is 38.1 Å². The fraction of sp³-hybridized carbons (Fsp3) is 0.500. The van der Waals surface area contributed by atoms with Gasteiger partial charge in [-0.1, -0.05) is 25.4 Å². The van der Waals surface area contributed by atoms with E-state index in [0.717, 1.165) is 9.58 Å². The molecular weight excluding hydrogens is 352 g/mol. The third-order valence-electron chi connectivity index (χ3n) is 4.64. The highest BCUT2D eigenvalue weighted by Gasteiger charge is 2.40. The lowest BCUT2D eigenvalue weighted by atomic mass is 9.81. The number of piperidine rings is 1. The first-order valence-electron chi connectivity index (χ1n) is 7.57. The fourth-order valence-corrected chi connectivity index (χ4v) is 6.68. The number of nitrogens with zero attached hydrogens (tertiary/aromatic N) is 1. The lowest BCUT2D eigenvalue weighted by Gasteiger charge is -2.41. The quantitative estimate of drug-likeness (QED) is 0.875. The highest BCUT2D eigenvalue weighted by Crippen LogP contribution is 2.39. The van der Waals surface area contributed by atoms with Gasteiger partial charge >= 0.3 is 0 Å². The van der Waals surface area contributed by atoms with Gasteiger partial charge < -0.3 is 5.73 Å². The molecule has 0 saturated carbocycles. The fourth-order valence-electron chi connectivity index (χ4n) is 3.15. The van der Waals surface area contributed by atoms with E-state index in [9.17, 15) is 8.42 Å². The zero-order valence-corrected chi connectivity index (χ0v) is 15.9. The van der Waals surface area contributed by atoms with Crippen LogP contribution < -0.4 is 5.73 Å². The van der Waals surface area contributed by atoms with Crippen LogP contribution in [0.2, 0.25) is 5.02 Å². The summed E-state index contributed by atoms with van der Waals surface area (Å²) in [6, 6.07) is 5.43. The van der Waals surface area contributed by atoms with Crippen LogP contribution in [0.25, 0.3) is 10.1 Å². The number of halogens is 1. The largest absolute Gasteiger partial charge is 0.327 e. The molecule has 1 aromatic heterocycles. The molecule has 1 aliphatic rings. The number of sulfonamides is 1. The van der Waals surface area contributed by atoms with Crippen molar-refractivity contribution in [1.29, 1.82) is 0 Å². The number of fused-ring (bicyclic) bond motifs is 1. The minimum absolute atomic E-state index is 0.0173. The second-order valence-electron chi connectivity index (χ2n) is 6.85. The average Bonchev–Trinajstić information content (AvgIpc) is 2.77. The topological polar surface area (TPSA) is 63.4 Å². The van der Waals surface area contributed by atoms with Crippen LogP contribution in [0.5, 0.6) is 0 Å². The molecule has 0 aliphatic carbocycles. The summed E-state index contributed by atoms with van der Waals surface area (Å²) in [7, 11) is -3.56. The van der Waals surface area contributed by atoms with Crippen LogP contribution in [0.4, 0.5) is 0 Å². The zero-order valence-electron chi connectivity index (χ0n) is 13.5. The molecule has 0 radical (unpaired) electrons. The van der Waals surface area contributed by atoms with Gasteiger partial charge in [0.05, 0.1) is 0 Å². The Hall–Kier alpha value is -0.660. The van der Waals surface area contributed by atoms with E-state index in [1.807, 2.05) is 26.8 Å². The van der Waals surface area contributed by atoms with Gasteiger partial charge in [-0.3, -0.25) is 0 Å². The molecule has 1 aliphatic heterocycles. The molecule has 2 heterocycles. The molecular formula is C16H21ClN2O2S2. The summed E-state index contributed by atoms with van der Waals surface area (Å²) in [5, 5.41) is 1.26. The number of aryl methyl sites for hydroxylation is 1. The third-order valence-corrected chi connectivity index (χ3v) is 8.13. The summed E-state index contributed by atoms with van der Waals surface area (Å²) in [4.78, 5) is 1.20. The number of hydrogen-bond donors (Lipinski definition) is 1. The van der Waals surface area contributed by atoms with Gasteiger partial charge in [0.1, 0.15) is 4.90 Å². The van der Waals surface area contributed by atoms with Crippen LogP contribution in [0.15, 0.2) is 23.1 Å². The molecule has 1 saturated heterocycles. The molecule has 0 bridgehead atoms. The Morgan fingerprint density at radius 1 is 1.39 bits per heavy atom. The van der Waals surface area contributed by atoms with Crippen molar-refractivity contribution in [1.82, 2.24) is 4.31 Å². The summed E-state index contributed by atoms with van der Waals surface area (Å²) >= 11 is 7.57. The van der Waals surface area contributed by atoms with Gasteiger partial charge in [0.25, 0.3) is 0 Å². The molecule has 2 N–H and O–H groups in total. The lowest BCUT2D eigenvalue weighted by molar-refractivity contribution is 0.155. The predicted molar refractivity (Wildman–Crippen MR) is 96.7 cm³/mol. The third kappa shape index (κ3) is 2.91. The molecule has 4 nitrogen and oxygen atoms in total. The van der Waals surface area contributed by atoms with Gasteiger partial charge in [0.15, 0.2) is 0 Å².